The number of hydrogen-bond donors (Lipinski definition) is 2. The second kappa shape index (κ2) is 4.97. The molecule has 0 spiro atoms. The van der Waals surface area contributed by atoms with Crippen LogP contribution in [0.4, 0.5) is 16.0 Å². The van der Waals surface area contributed by atoms with Crippen molar-refractivity contribution in [2.45, 2.75) is 6.54 Å². The molecule has 2 rings (SSSR count). The number of nitrogens with zero attached hydrogens (tertiary/aromatic N) is 2. The standard InChI is InChI=1S/C11H10ClFN4/c12-9-3-7(1-2-10(9)13)4-15-11-16-5-8(14)6-17-11/h1-3,5-6H,4,14H2,(H,15,16,17). The Kier molecular flexibility index (Phi) is 3.39. The minimum absolute atomic E-state index is 0.0996. The molecule has 0 atom stereocenters. The summed E-state index contributed by atoms with van der Waals surface area (Å²) in [5, 5.41) is 3.08. The quantitative estimate of drug-likeness (QED) is 0.881. The first-order valence-electron chi connectivity index (χ1n) is 4.90. The maximum atomic E-state index is 12.9. The van der Waals surface area contributed by atoms with Gasteiger partial charge >= 0.3 is 0 Å². The molecule has 0 aliphatic carbocycles. The molecule has 6 heteroatoms. The number of hydrogen-bond acceptors (Lipinski definition) is 4. The molecular weight excluding hydrogens is 243 g/mol. The zero-order chi connectivity index (χ0) is 12.3. The zero-order valence-corrected chi connectivity index (χ0v) is 9.58. The Labute approximate surface area is 103 Å². The summed E-state index contributed by atoms with van der Waals surface area (Å²) in [6.07, 6.45) is 3.01. The molecule has 88 valence electrons. The Morgan fingerprint density at radius 2 is 2.00 bits per heavy atom. The van der Waals surface area contributed by atoms with E-state index < -0.39 is 5.82 Å². The average Bonchev–Trinajstić information content (AvgIpc) is 2.33. The molecule has 0 bridgehead atoms. The maximum absolute atomic E-state index is 12.9. The number of nitrogens with one attached hydrogen (secondary N) is 1. The second-order valence-corrected chi connectivity index (χ2v) is 3.85. The van der Waals surface area contributed by atoms with Gasteiger partial charge in [-0.1, -0.05) is 17.7 Å². The van der Waals surface area contributed by atoms with Gasteiger partial charge in [0.05, 0.1) is 23.1 Å². The topological polar surface area (TPSA) is 63.8 Å². The molecule has 0 amide bonds. The predicted octanol–water partition coefficient (Wildman–Crippen LogP) is 2.46. The van der Waals surface area contributed by atoms with Gasteiger partial charge in [-0.25, -0.2) is 14.4 Å². The van der Waals surface area contributed by atoms with E-state index in [1.54, 1.807) is 12.1 Å². The number of rotatable bonds is 3. The third kappa shape index (κ3) is 3.04. The van der Waals surface area contributed by atoms with Crippen molar-refractivity contribution in [2.24, 2.45) is 0 Å². The first-order valence-corrected chi connectivity index (χ1v) is 5.28. The highest BCUT2D eigenvalue weighted by molar-refractivity contribution is 6.30. The summed E-state index contributed by atoms with van der Waals surface area (Å²) in [6.45, 7) is 0.462. The zero-order valence-electron chi connectivity index (χ0n) is 8.82. The summed E-state index contributed by atoms with van der Waals surface area (Å²) >= 11 is 5.67. The first kappa shape index (κ1) is 11.6. The Morgan fingerprint density at radius 1 is 1.29 bits per heavy atom. The smallest absolute Gasteiger partial charge is 0.222 e. The van der Waals surface area contributed by atoms with Gasteiger partial charge in [0, 0.05) is 6.54 Å². The number of benzene rings is 1. The van der Waals surface area contributed by atoms with Crippen LogP contribution in [-0.2, 0) is 6.54 Å². The molecule has 1 aromatic carbocycles. The lowest BCUT2D eigenvalue weighted by Crippen LogP contribution is -2.04. The van der Waals surface area contributed by atoms with Gasteiger partial charge in [-0.3, -0.25) is 0 Å². The van der Waals surface area contributed by atoms with Crippen molar-refractivity contribution in [3.63, 3.8) is 0 Å². The highest BCUT2D eigenvalue weighted by Crippen LogP contribution is 2.16. The van der Waals surface area contributed by atoms with Gasteiger partial charge in [0.25, 0.3) is 0 Å². The maximum Gasteiger partial charge on any atom is 0.222 e. The summed E-state index contributed by atoms with van der Waals surface area (Å²) in [5.74, 6) is 0.0267. The third-order valence-electron chi connectivity index (χ3n) is 2.11. The Balaban J connectivity index is 2.02. The van der Waals surface area contributed by atoms with Crippen molar-refractivity contribution < 1.29 is 4.39 Å². The van der Waals surface area contributed by atoms with E-state index in [2.05, 4.69) is 15.3 Å². The van der Waals surface area contributed by atoms with E-state index in [0.29, 0.717) is 18.2 Å². The number of aromatic nitrogens is 2. The van der Waals surface area contributed by atoms with Crippen LogP contribution in [0.15, 0.2) is 30.6 Å². The molecule has 3 N–H and O–H groups in total. The Hall–Kier alpha value is -1.88. The molecule has 2 aromatic rings. The van der Waals surface area contributed by atoms with Crippen molar-refractivity contribution >= 4 is 23.2 Å². The van der Waals surface area contributed by atoms with Gasteiger partial charge in [-0.2, -0.15) is 0 Å². The average molecular weight is 253 g/mol. The molecule has 4 nitrogen and oxygen atoms in total. The normalized spacial score (nSPS) is 10.2. The second-order valence-electron chi connectivity index (χ2n) is 3.44. The van der Waals surface area contributed by atoms with Gasteiger partial charge in [-0.15, -0.1) is 0 Å². The summed E-state index contributed by atoms with van der Waals surface area (Å²) in [6, 6.07) is 4.52. The number of nitrogen functional groups attached to an aromatic ring is 1. The van der Waals surface area contributed by atoms with Crippen molar-refractivity contribution in [2.75, 3.05) is 11.1 Å². The van der Waals surface area contributed by atoms with E-state index in [9.17, 15) is 4.39 Å². The third-order valence-corrected chi connectivity index (χ3v) is 2.40. The van der Waals surface area contributed by atoms with Crippen LogP contribution < -0.4 is 11.1 Å². The molecule has 0 radical (unpaired) electrons. The van der Waals surface area contributed by atoms with E-state index in [0.717, 1.165) is 5.56 Å². The van der Waals surface area contributed by atoms with Crippen LogP contribution in [-0.4, -0.2) is 9.97 Å². The molecule has 17 heavy (non-hydrogen) atoms. The van der Waals surface area contributed by atoms with Crippen molar-refractivity contribution in [3.8, 4) is 0 Å². The molecule has 0 fully saturated rings. The van der Waals surface area contributed by atoms with E-state index in [1.807, 2.05) is 0 Å². The minimum atomic E-state index is -0.431. The lowest BCUT2D eigenvalue weighted by Gasteiger charge is -2.05. The van der Waals surface area contributed by atoms with E-state index in [-0.39, 0.29) is 5.02 Å². The fourth-order valence-electron chi connectivity index (χ4n) is 1.26. The van der Waals surface area contributed by atoms with E-state index in [1.165, 1.54) is 18.5 Å². The van der Waals surface area contributed by atoms with Crippen LogP contribution >= 0.6 is 11.6 Å². The van der Waals surface area contributed by atoms with Crippen LogP contribution in [0.3, 0.4) is 0 Å². The molecular formula is C11H10ClFN4. The van der Waals surface area contributed by atoms with E-state index in [4.69, 9.17) is 17.3 Å². The van der Waals surface area contributed by atoms with Crippen molar-refractivity contribution in [1.82, 2.24) is 9.97 Å². The molecule has 1 heterocycles. The van der Waals surface area contributed by atoms with Gasteiger partial charge in [0.2, 0.25) is 5.95 Å². The van der Waals surface area contributed by atoms with Gasteiger partial charge in [0.1, 0.15) is 5.82 Å². The fraction of sp³-hybridized carbons (Fsp3) is 0.0909. The monoisotopic (exact) mass is 252 g/mol. The van der Waals surface area contributed by atoms with Crippen LogP contribution in [0.5, 0.6) is 0 Å². The largest absolute Gasteiger partial charge is 0.396 e. The summed E-state index contributed by atoms with van der Waals surface area (Å²) < 4.78 is 12.9. The summed E-state index contributed by atoms with van der Waals surface area (Å²) in [4.78, 5) is 7.96. The highest BCUT2D eigenvalue weighted by atomic mass is 35.5. The van der Waals surface area contributed by atoms with Crippen LogP contribution in [0.25, 0.3) is 0 Å². The van der Waals surface area contributed by atoms with Crippen molar-refractivity contribution in [1.29, 1.82) is 0 Å². The molecule has 0 aliphatic heterocycles. The molecule has 0 saturated heterocycles. The van der Waals surface area contributed by atoms with Gasteiger partial charge < -0.3 is 11.1 Å². The SMILES string of the molecule is Nc1cnc(NCc2ccc(F)c(Cl)c2)nc1. The Bertz CT molecular complexity index is 515. The lowest BCUT2D eigenvalue weighted by atomic mass is 10.2. The van der Waals surface area contributed by atoms with Gasteiger partial charge in [0.15, 0.2) is 0 Å². The van der Waals surface area contributed by atoms with Crippen LogP contribution in [0, 0.1) is 5.82 Å². The van der Waals surface area contributed by atoms with E-state index >= 15 is 0 Å². The Morgan fingerprint density at radius 3 is 2.65 bits per heavy atom. The predicted molar refractivity (Wildman–Crippen MR) is 65.2 cm³/mol. The molecule has 0 aliphatic rings. The summed E-state index contributed by atoms with van der Waals surface area (Å²) in [7, 11) is 0. The highest BCUT2D eigenvalue weighted by Gasteiger charge is 2.01. The number of halogens is 2. The molecule has 0 saturated carbocycles. The number of anilines is 2. The van der Waals surface area contributed by atoms with Crippen LogP contribution in [0.2, 0.25) is 5.02 Å². The lowest BCUT2D eigenvalue weighted by molar-refractivity contribution is 0.627. The van der Waals surface area contributed by atoms with Gasteiger partial charge in [-0.05, 0) is 17.7 Å². The first-order chi connectivity index (χ1) is 8.15. The van der Waals surface area contributed by atoms with Crippen molar-refractivity contribution in [3.05, 3.63) is 47.0 Å². The summed E-state index contributed by atoms with van der Waals surface area (Å²) in [5.41, 5.74) is 6.80. The molecule has 1 aromatic heterocycles. The minimum Gasteiger partial charge on any atom is -0.396 e. The number of nitrogens with two attached hydrogens (primary N) is 1. The van der Waals surface area contributed by atoms with Crippen LogP contribution in [0.1, 0.15) is 5.56 Å². The molecule has 0 unspecified atom stereocenters. The fourth-order valence-corrected chi connectivity index (χ4v) is 1.46.